The van der Waals surface area contributed by atoms with E-state index in [1.807, 2.05) is 6.07 Å². The van der Waals surface area contributed by atoms with E-state index >= 15 is 0 Å². The number of halogens is 3. The van der Waals surface area contributed by atoms with Gasteiger partial charge in [0.2, 0.25) is 0 Å². The van der Waals surface area contributed by atoms with E-state index in [1.165, 1.54) is 0 Å². The second kappa shape index (κ2) is 2.96. The molecule has 0 radical (unpaired) electrons. The molecule has 0 bridgehead atoms. The Morgan fingerprint density at radius 1 is 1.33 bits per heavy atom. The highest BCUT2D eigenvalue weighted by Crippen LogP contribution is 2.45. The molecule has 4 heteroatoms. The Hall–Kier alpha value is -0.720. The molecule has 1 aliphatic rings. The molecule has 0 aromatic heterocycles. The Balaban J connectivity index is 2.36. The largest absolute Gasteiger partial charge is 0.389 e. The highest BCUT2D eigenvalue weighted by molar-refractivity contribution is 5.04. The molecule has 0 unspecified atom stereocenters. The number of alkyl halides is 3. The lowest BCUT2D eigenvalue weighted by atomic mass is 9.67. The summed E-state index contributed by atoms with van der Waals surface area (Å²) >= 11 is 0. The first-order valence-electron chi connectivity index (χ1n) is 3.95. The molecule has 68 valence electrons. The highest BCUT2D eigenvalue weighted by Gasteiger charge is 2.40. The number of hydrogen-bond donors (Lipinski definition) is 0. The van der Waals surface area contributed by atoms with Gasteiger partial charge in [-0.25, -0.2) is 0 Å². The van der Waals surface area contributed by atoms with Crippen molar-refractivity contribution in [2.45, 2.75) is 38.3 Å². The van der Waals surface area contributed by atoms with Gasteiger partial charge in [0.25, 0.3) is 0 Å². The quantitative estimate of drug-likeness (QED) is 0.636. The van der Waals surface area contributed by atoms with Gasteiger partial charge in [-0.2, -0.15) is 18.4 Å². The van der Waals surface area contributed by atoms with Crippen molar-refractivity contribution in [2.24, 2.45) is 5.41 Å². The topological polar surface area (TPSA) is 23.8 Å². The van der Waals surface area contributed by atoms with Gasteiger partial charge in [-0.1, -0.05) is 6.42 Å². The Labute approximate surface area is 69.2 Å². The molecule has 1 fully saturated rings. The van der Waals surface area contributed by atoms with Crippen molar-refractivity contribution in [1.29, 1.82) is 5.26 Å². The van der Waals surface area contributed by atoms with Crippen LogP contribution in [0, 0.1) is 16.7 Å². The van der Waals surface area contributed by atoms with Crippen molar-refractivity contribution in [3.63, 3.8) is 0 Å². The van der Waals surface area contributed by atoms with Gasteiger partial charge >= 0.3 is 6.18 Å². The van der Waals surface area contributed by atoms with Crippen molar-refractivity contribution in [2.75, 3.05) is 0 Å². The molecule has 1 saturated carbocycles. The molecule has 0 atom stereocenters. The third kappa shape index (κ3) is 2.13. The number of nitriles is 1. The SMILES string of the molecule is N#CC1(CCC(F)(F)F)CCC1. The van der Waals surface area contributed by atoms with Crippen LogP contribution in [0.5, 0.6) is 0 Å². The van der Waals surface area contributed by atoms with Crippen molar-refractivity contribution in [3.8, 4) is 6.07 Å². The molecule has 12 heavy (non-hydrogen) atoms. The summed E-state index contributed by atoms with van der Waals surface area (Å²) in [6, 6.07) is 1.99. The maximum Gasteiger partial charge on any atom is 0.389 e. The lowest BCUT2D eigenvalue weighted by Crippen LogP contribution is -2.29. The van der Waals surface area contributed by atoms with E-state index in [9.17, 15) is 13.2 Å². The summed E-state index contributed by atoms with van der Waals surface area (Å²) in [7, 11) is 0. The Bertz CT molecular complexity index is 197. The van der Waals surface area contributed by atoms with Crippen LogP contribution in [0.1, 0.15) is 32.1 Å². The van der Waals surface area contributed by atoms with Gasteiger partial charge in [-0.3, -0.25) is 0 Å². The van der Waals surface area contributed by atoms with E-state index in [1.54, 1.807) is 0 Å². The molecular weight excluding hydrogens is 167 g/mol. The second-order valence-electron chi connectivity index (χ2n) is 3.36. The minimum atomic E-state index is -4.11. The van der Waals surface area contributed by atoms with Gasteiger partial charge < -0.3 is 0 Å². The first-order chi connectivity index (χ1) is 5.47. The zero-order valence-electron chi connectivity index (χ0n) is 6.62. The lowest BCUT2D eigenvalue weighted by molar-refractivity contribution is -0.141. The van der Waals surface area contributed by atoms with Crippen molar-refractivity contribution in [1.82, 2.24) is 0 Å². The van der Waals surface area contributed by atoms with E-state index in [-0.39, 0.29) is 6.42 Å². The van der Waals surface area contributed by atoms with E-state index in [0.717, 1.165) is 6.42 Å². The summed E-state index contributed by atoms with van der Waals surface area (Å²) in [5, 5.41) is 8.62. The normalized spacial score (nSPS) is 21.2. The monoisotopic (exact) mass is 177 g/mol. The predicted molar refractivity (Wildman–Crippen MR) is 37.2 cm³/mol. The molecule has 0 N–H and O–H groups in total. The van der Waals surface area contributed by atoms with Crippen LogP contribution >= 0.6 is 0 Å². The first kappa shape index (κ1) is 9.37. The smallest absolute Gasteiger partial charge is 0.198 e. The van der Waals surface area contributed by atoms with Gasteiger partial charge in [0, 0.05) is 6.42 Å². The molecule has 0 heterocycles. The highest BCUT2D eigenvalue weighted by atomic mass is 19.4. The molecule has 1 rings (SSSR count). The third-order valence-corrected chi connectivity index (χ3v) is 2.43. The summed E-state index contributed by atoms with van der Waals surface area (Å²) in [6.45, 7) is 0. The summed E-state index contributed by atoms with van der Waals surface area (Å²) < 4.78 is 35.3. The Morgan fingerprint density at radius 3 is 2.17 bits per heavy atom. The second-order valence-corrected chi connectivity index (χ2v) is 3.36. The van der Waals surface area contributed by atoms with Crippen molar-refractivity contribution in [3.05, 3.63) is 0 Å². The van der Waals surface area contributed by atoms with E-state index in [0.29, 0.717) is 12.8 Å². The van der Waals surface area contributed by atoms with Crippen LogP contribution < -0.4 is 0 Å². The van der Waals surface area contributed by atoms with Crippen LogP contribution in [0.3, 0.4) is 0 Å². The van der Waals surface area contributed by atoms with Crippen LogP contribution in [0.2, 0.25) is 0 Å². The van der Waals surface area contributed by atoms with Crippen LogP contribution in [0.4, 0.5) is 13.2 Å². The van der Waals surface area contributed by atoms with E-state index < -0.39 is 18.0 Å². The molecule has 0 aromatic rings. The number of hydrogen-bond acceptors (Lipinski definition) is 1. The fourth-order valence-electron chi connectivity index (χ4n) is 1.40. The molecular formula is C8H10F3N. The van der Waals surface area contributed by atoms with E-state index in [2.05, 4.69) is 0 Å². The maximum atomic E-state index is 11.8. The van der Waals surface area contributed by atoms with Crippen molar-refractivity contribution >= 4 is 0 Å². The van der Waals surface area contributed by atoms with Gasteiger partial charge in [0.1, 0.15) is 0 Å². The summed E-state index contributed by atoms with van der Waals surface area (Å²) in [4.78, 5) is 0. The number of nitrogens with zero attached hydrogens (tertiary/aromatic N) is 1. The first-order valence-corrected chi connectivity index (χ1v) is 3.95. The summed E-state index contributed by atoms with van der Waals surface area (Å²) in [5.74, 6) is 0. The van der Waals surface area contributed by atoms with Gasteiger partial charge in [0.05, 0.1) is 11.5 Å². The van der Waals surface area contributed by atoms with E-state index in [4.69, 9.17) is 5.26 Å². The van der Waals surface area contributed by atoms with Gasteiger partial charge in [-0.05, 0) is 19.3 Å². The molecule has 0 aromatic carbocycles. The molecule has 0 amide bonds. The summed E-state index contributed by atoms with van der Waals surface area (Å²) in [6.07, 6.45) is -2.78. The maximum absolute atomic E-state index is 11.8. The average molecular weight is 177 g/mol. The standard InChI is InChI=1S/C8H10F3N/c9-8(10,11)5-4-7(6-12)2-1-3-7/h1-5H2. The fraction of sp³-hybridized carbons (Fsp3) is 0.875. The fourth-order valence-corrected chi connectivity index (χ4v) is 1.40. The number of rotatable bonds is 2. The van der Waals surface area contributed by atoms with Crippen molar-refractivity contribution < 1.29 is 13.2 Å². The molecule has 1 aliphatic carbocycles. The van der Waals surface area contributed by atoms with Crippen LogP contribution in [0.15, 0.2) is 0 Å². The zero-order chi connectivity index (χ0) is 9.24. The van der Waals surface area contributed by atoms with Crippen LogP contribution in [-0.2, 0) is 0 Å². The van der Waals surface area contributed by atoms with Gasteiger partial charge in [-0.15, -0.1) is 0 Å². The Morgan fingerprint density at radius 2 is 1.92 bits per heavy atom. The zero-order valence-corrected chi connectivity index (χ0v) is 6.62. The molecule has 1 nitrogen and oxygen atoms in total. The van der Waals surface area contributed by atoms with Crippen LogP contribution in [-0.4, -0.2) is 6.18 Å². The predicted octanol–water partition coefficient (Wildman–Crippen LogP) is 3.02. The molecule has 0 aliphatic heterocycles. The minimum absolute atomic E-state index is 0.0208. The van der Waals surface area contributed by atoms with Crippen LogP contribution in [0.25, 0.3) is 0 Å². The Kier molecular flexibility index (Phi) is 2.31. The lowest BCUT2D eigenvalue weighted by Gasteiger charge is -2.35. The van der Waals surface area contributed by atoms with Gasteiger partial charge in [0.15, 0.2) is 0 Å². The molecule has 0 saturated heterocycles. The minimum Gasteiger partial charge on any atom is -0.198 e. The molecule has 0 spiro atoms. The average Bonchev–Trinajstić information content (AvgIpc) is 1.84. The summed E-state index contributed by atoms with van der Waals surface area (Å²) in [5.41, 5.74) is -0.643. The third-order valence-electron chi connectivity index (χ3n) is 2.43.